The molecule has 1 aromatic carbocycles. The molecule has 1 aromatic heterocycles. The molecule has 3 rings (SSSR count). The van der Waals surface area contributed by atoms with Crippen LogP contribution in [-0.2, 0) is 21.4 Å². The number of hydrogen-bond donors (Lipinski definition) is 1. The highest BCUT2D eigenvalue weighted by atomic mass is 32.2. The van der Waals surface area contributed by atoms with Crippen LogP contribution in [0, 0.1) is 0 Å². The highest BCUT2D eigenvalue weighted by molar-refractivity contribution is 7.99. The maximum atomic E-state index is 12.2. The van der Waals surface area contributed by atoms with Gasteiger partial charge in [0.15, 0.2) is 5.16 Å². The molecular weight excluding hydrogens is 386 g/mol. The van der Waals surface area contributed by atoms with Gasteiger partial charge in [0.1, 0.15) is 5.82 Å². The number of amides is 1. The average molecular weight is 410 g/mol. The van der Waals surface area contributed by atoms with Crippen molar-refractivity contribution in [1.29, 1.82) is 0 Å². The Kier molecular flexibility index (Phi) is 5.87. The summed E-state index contributed by atoms with van der Waals surface area (Å²) < 4.78 is 27.3. The van der Waals surface area contributed by atoms with Gasteiger partial charge >= 0.3 is 0 Å². The van der Waals surface area contributed by atoms with E-state index in [1.807, 2.05) is 6.92 Å². The zero-order valence-corrected chi connectivity index (χ0v) is 17.2. The molecule has 10 heteroatoms. The van der Waals surface area contributed by atoms with Crippen LogP contribution < -0.4 is 5.32 Å². The third-order valence-electron chi connectivity index (χ3n) is 4.25. The molecule has 0 radical (unpaired) electrons. The fourth-order valence-corrected chi connectivity index (χ4v) is 4.31. The molecule has 1 heterocycles. The monoisotopic (exact) mass is 409 g/mol. The molecule has 2 aromatic rings. The van der Waals surface area contributed by atoms with Crippen molar-refractivity contribution in [2.24, 2.45) is 0 Å². The number of nitrogens with zero attached hydrogens (tertiary/aromatic N) is 4. The summed E-state index contributed by atoms with van der Waals surface area (Å²) in [5, 5.41) is 12.0. The molecule has 1 N–H and O–H groups in total. The molecule has 1 saturated carbocycles. The first-order chi connectivity index (χ1) is 12.8. The maximum Gasteiger partial charge on any atom is 0.242 e. The van der Waals surface area contributed by atoms with Crippen molar-refractivity contribution in [3.05, 3.63) is 30.1 Å². The average Bonchev–Trinajstić information content (AvgIpc) is 3.40. The van der Waals surface area contributed by atoms with Gasteiger partial charge in [0.05, 0.1) is 10.6 Å². The highest BCUT2D eigenvalue weighted by Crippen LogP contribution is 2.39. The van der Waals surface area contributed by atoms with Gasteiger partial charge < -0.3 is 9.88 Å². The van der Waals surface area contributed by atoms with Crippen molar-refractivity contribution in [2.75, 3.05) is 25.2 Å². The first-order valence-electron chi connectivity index (χ1n) is 8.71. The van der Waals surface area contributed by atoms with Gasteiger partial charge in [0, 0.05) is 32.2 Å². The van der Waals surface area contributed by atoms with Crippen molar-refractivity contribution in [3.63, 3.8) is 0 Å². The molecule has 1 aliphatic carbocycles. The van der Waals surface area contributed by atoms with Crippen LogP contribution in [0.2, 0.25) is 0 Å². The summed E-state index contributed by atoms with van der Waals surface area (Å²) in [6.07, 6.45) is 2.31. The number of thioether (sulfide) groups is 1. The Morgan fingerprint density at radius 3 is 2.48 bits per heavy atom. The Bertz CT molecular complexity index is 919. The van der Waals surface area contributed by atoms with E-state index < -0.39 is 10.0 Å². The Hall–Kier alpha value is -1.91. The first kappa shape index (κ1) is 19.8. The Morgan fingerprint density at radius 1 is 1.26 bits per heavy atom. The predicted molar refractivity (Wildman–Crippen MR) is 104 cm³/mol. The number of benzene rings is 1. The molecule has 27 heavy (non-hydrogen) atoms. The number of hydrogen-bond acceptors (Lipinski definition) is 6. The summed E-state index contributed by atoms with van der Waals surface area (Å²) in [5.74, 6) is 1.55. The van der Waals surface area contributed by atoms with Gasteiger partial charge in [0.2, 0.25) is 15.9 Å². The van der Waals surface area contributed by atoms with Gasteiger partial charge in [-0.05, 0) is 44.0 Å². The van der Waals surface area contributed by atoms with Gasteiger partial charge in [-0.3, -0.25) is 4.79 Å². The quantitative estimate of drug-likeness (QED) is 0.671. The molecular formula is C17H23N5O3S2. The molecule has 0 aliphatic heterocycles. The van der Waals surface area contributed by atoms with E-state index >= 15 is 0 Å². The lowest BCUT2D eigenvalue weighted by atomic mass is 10.3. The van der Waals surface area contributed by atoms with Crippen LogP contribution >= 0.6 is 11.8 Å². The van der Waals surface area contributed by atoms with Gasteiger partial charge in [-0.15, -0.1) is 10.2 Å². The summed E-state index contributed by atoms with van der Waals surface area (Å²) in [4.78, 5) is 12.4. The molecule has 8 nitrogen and oxygen atoms in total. The molecule has 0 bridgehead atoms. The van der Waals surface area contributed by atoms with Gasteiger partial charge in [-0.2, -0.15) is 0 Å². The van der Waals surface area contributed by atoms with Crippen LogP contribution in [0.15, 0.2) is 34.3 Å². The number of anilines is 1. The predicted octanol–water partition coefficient (Wildman–Crippen LogP) is 2.16. The largest absolute Gasteiger partial charge is 0.325 e. The van der Waals surface area contributed by atoms with E-state index in [0.29, 0.717) is 11.6 Å². The van der Waals surface area contributed by atoms with Gasteiger partial charge in [-0.1, -0.05) is 11.8 Å². The second kappa shape index (κ2) is 7.99. The Morgan fingerprint density at radius 2 is 1.93 bits per heavy atom. The van der Waals surface area contributed by atoms with E-state index in [2.05, 4.69) is 20.1 Å². The zero-order chi connectivity index (χ0) is 19.6. The summed E-state index contributed by atoms with van der Waals surface area (Å²) in [6.45, 7) is 2.83. The number of aromatic nitrogens is 3. The van der Waals surface area contributed by atoms with Crippen molar-refractivity contribution >= 4 is 33.4 Å². The molecule has 1 aliphatic rings. The minimum Gasteiger partial charge on any atom is -0.325 e. The molecule has 0 atom stereocenters. The SMILES string of the molecule is CCn1c(SCC(=O)Nc2ccc(S(=O)(=O)N(C)C)cc2)nnc1C1CC1. The molecule has 146 valence electrons. The van der Waals surface area contributed by atoms with Crippen LogP contribution in [0.1, 0.15) is 31.5 Å². The fourth-order valence-electron chi connectivity index (χ4n) is 2.60. The van der Waals surface area contributed by atoms with E-state index in [4.69, 9.17) is 0 Å². The molecule has 0 saturated heterocycles. The van der Waals surface area contributed by atoms with Crippen molar-refractivity contribution in [1.82, 2.24) is 19.1 Å². The third kappa shape index (κ3) is 4.50. The number of carbonyl (C=O) groups is 1. The number of sulfonamides is 1. The number of nitrogens with one attached hydrogen (secondary N) is 1. The summed E-state index contributed by atoms with van der Waals surface area (Å²) in [6, 6.07) is 6.12. The lowest BCUT2D eigenvalue weighted by Gasteiger charge is -2.12. The zero-order valence-electron chi connectivity index (χ0n) is 15.5. The molecule has 1 fully saturated rings. The third-order valence-corrected chi connectivity index (χ3v) is 7.05. The van der Waals surface area contributed by atoms with Crippen LogP contribution in [0.4, 0.5) is 5.69 Å². The van der Waals surface area contributed by atoms with Crippen LogP contribution in [0.25, 0.3) is 0 Å². The van der Waals surface area contributed by atoms with Crippen molar-refractivity contribution in [3.8, 4) is 0 Å². The van der Waals surface area contributed by atoms with Gasteiger partial charge in [-0.25, -0.2) is 12.7 Å². The Balaban J connectivity index is 1.58. The standard InChI is InChI=1S/C17H23N5O3S2/c1-4-22-16(12-5-6-12)19-20-17(22)26-11-15(23)18-13-7-9-14(10-8-13)27(24,25)21(2)3/h7-10,12H,4-6,11H2,1-3H3,(H,18,23). The van der Waals surface area contributed by atoms with Crippen LogP contribution in [0.5, 0.6) is 0 Å². The lowest BCUT2D eigenvalue weighted by molar-refractivity contribution is -0.113. The summed E-state index contributed by atoms with van der Waals surface area (Å²) in [7, 11) is -0.521. The lowest BCUT2D eigenvalue weighted by Crippen LogP contribution is -2.22. The second-order valence-corrected chi connectivity index (χ2v) is 9.60. The number of rotatable bonds is 8. The van der Waals surface area contributed by atoms with Crippen LogP contribution in [0.3, 0.4) is 0 Å². The second-order valence-electron chi connectivity index (χ2n) is 6.51. The van der Waals surface area contributed by atoms with E-state index in [0.717, 1.165) is 34.7 Å². The summed E-state index contributed by atoms with van der Waals surface area (Å²) in [5.41, 5.74) is 0.550. The molecule has 1 amide bonds. The molecule has 0 spiro atoms. The van der Waals surface area contributed by atoms with E-state index in [1.54, 1.807) is 12.1 Å². The summed E-state index contributed by atoms with van der Waals surface area (Å²) >= 11 is 1.35. The normalized spacial score (nSPS) is 14.5. The molecule has 0 unspecified atom stereocenters. The van der Waals surface area contributed by atoms with E-state index in [9.17, 15) is 13.2 Å². The van der Waals surface area contributed by atoms with E-state index in [-0.39, 0.29) is 16.6 Å². The topological polar surface area (TPSA) is 97.2 Å². The maximum absolute atomic E-state index is 12.2. The van der Waals surface area contributed by atoms with Crippen molar-refractivity contribution in [2.45, 2.75) is 42.3 Å². The van der Waals surface area contributed by atoms with Gasteiger partial charge in [0.25, 0.3) is 0 Å². The smallest absolute Gasteiger partial charge is 0.242 e. The van der Waals surface area contributed by atoms with Crippen LogP contribution in [-0.4, -0.2) is 53.2 Å². The fraction of sp³-hybridized carbons (Fsp3) is 0.471. The minimum absolute atomic E-state index is 0.179. The highest BCUT2D eigenvalue weighted by Gasteiger charge is 2.30. The first-order valence-corrected chi connectivity index (χ1v) is 11.1. The van der Waals surface area contributed by atoms with Crippen molar-refractivity contribution < 1.29 is 13.2 Å². The Labute approximate surface area is 163 Å². The minimum atomic E-state index is -3.48. The number of carbonyl (C=O) groups excluding carboxylic acids is 1. The van der Waals surface area contributed by atoms with E-state index in [1.165, 1.54) is 38.0 Å².